The third-order valence-electron chi connectivity index (χ3n) is 7.12. The minimum atomic E-state index is 0.0769. The topological polar surface area (TPSA) is 4.93 Å². The van der Waals surface area contributed by atoms with Crippen molar-refractivity contribution in [3.8, 4) is 5.69 Å². The molecule has 0 radical (unpaired) electrons. The Hall–Kier alpha value is -3.06. The molecule has 0 fully saturated rings. The molecule has 0 N–H and O–H groups in total. The molecule has 29 heavy (non-hydrogen) atoms. The average Bonchev–Trinajstić information content (AvgIpc) is 3.18. The highest BCUT2D eigenvalue weighted by atomic mass is 15.0. The summed E-state index contributed by atoms with van der Waals surface area (Å²) in [6.07, 6.45) is 3.59. The molecule has 1 atom stereocenters. The number of benzene rings is 3. The Morgan fingerprint density at radius 3 is 2.41 bits per heavy atom. The molecule has 3 aromatic carbocycles. The minimum absolute atomic E-state index is 0.0769. The molecule has 1 aromatic heterocycles. The standard InChI is InChI=1S/C28H25N/c1-18-12-14-19(15-13-18)29-26-11-7-5-9-21(26)23-16-22-20-8-4-6-10-24(20)28(2,3)25(22)17-27(23)29/h4-15,17,22H,16H2,1-3H3. The largest absolute Gasteiger partial charge is 0.310 e. The molecule has 6 rings (SSSR count). The smallest absolute Gasteiger partial charge is 0.0537 e. The number of aromatic nitrogens is 1. The normalized spacial score (nSPS) is 18.9. The van der Waals surface area contributed by atoms with Crippen LogP contribution in [0.2, 0.25) is 0 Å². The summed E-state index contributed by atoms with van der Waals surface area (Å²) in [6, 6.07) is 26.9. The third-order valence-corrected chi connectivity index (χ3v) is 7.12. The zero-order valence-electron chi connectivity index (χ0n) is 17.2. The van der Waals surface area contributed by atoms with Crippen LogP contribution in [0.1, 0.15) is 47.7 Å². The van der Waals surface area contributed by atoms with Gasteiger partial charge in [0.15, 0.2) is 0 Å². The summed E-state index contributed by atoms with van der Waals surface area (Å²) in [5.41, 5.74) is 11.3. The highest BCUT2D eigenvalue weighted by Crippen LogP contribution is 2.55. The molecule has 0 aliphatic heterocycles. The van der Waals surface area contributed by atoms with Gasteiger partial charge in [-0.3, -0.25) is 0 Å². The van der Waals surface area contributed by atoms with Gasteiger partial charge in [-0.1, -0.05) is 79.6 Å². The van der Waals surface area contributed by atoms with Crippen molar-refractivity contribution >= 4 is 17.0 Å². The van der Waals surface area contributed by atoms with Gasteiger partial charge in [0.25, 0.3) is 0 Å². The van der Waals surface area contributed by atoms with E-state index in [9.17, 15) is 0 Å². The molecule has 4 aromatic rings. The number of aryl methyl sites for hydroxylation is 1. The van der Waals surface area contributed by atoms with Crippen molar-refractivity contribution in [3.05, 3.63) is 106 Å². The molecule has 0 saturated carbocycles. The van der Waals surface area contributed by atoms with Gasteiger partial charge in [-0.05, 0) is 54.3 Å². The summed E-state index contributed by atoms with van der Waals surface area (Å²) in [5, 5.41) is 1.39. The molecule has 0 bridgehead atoms. The fourth-order valence-corrected chi connectivity index (χ4v) is 5.65. The number of para-hydroxylation sites is 1. The van der Waals surface area contributed by atoms with Crippen LogP contribution in [0.4, 0.5) is 0 Å². The molecule has 0 amide bonds. The monoisotopic (exact) mass is 375 g/mol. The number of hydrogen-bond acceptors (Lipinski definition) is 0. The summed E-state index contributed by atoms with van der Waals surface area (Å²) in [7, 11) is 0. The van der Waals surface area contributed by atoms with Crippen LogP contribution in [0, 0.1) is 6.92 Å². The van der Waals surface area contributed by atoms with Crippen LogP contribution in [0.3, 0.4) is 0 Å². The predicted octanol–water partition coefficient (Wildman–Crippen LogP) is 6.95. The maximum Gasteiger partial charge on any atom is 0.0537 e. The van der Waals surface area contributed by atoms with Gasteiger partial charge >= 0.3 is 0 Å². The van der Waals surface area contributed by atoms with Crippen LogP contribution >= 0.6 is 0 Å². The molecule has 1 unspecified atom stereocenters. The summed E-state index contributed by atoms with van der Waals surface area (Å²) >= 11 is 0. The molecule has 0 spiro atoms. The first-order valence-corrected chi connectivity index (χ1v) is 10.6. The Labute approximate surface area is 172 Å². The maximum absolute atomic E-state index is 2.50. The number of nitrogens with zero attached hydrogens (tertiary/aromatic N) is 1. The first kappa shape index (κ1) is 16.9. The van der Waals surface area contributed by atoms with E-state index in [-0.39, 0.29) is 5.41 Å². The van der Waals surface area contributed by atoms with Gasteiger partial charge in [-0.2, -0.15) is 0 Å². The first-order chi connectivity index (χ1) is 14.1. The second-order valence-electron chi connectivity index (χ2n) is 9.12. The lowest BCUT2D eigenvalue weighted by molar-refractivity contribution is 0.613. The SMILES string of the molecule is Cc1ccc(-n2c3c(c4ccccc42)CC2C(=C3)C(C)(C)c3ccccc32)cc1. The van der Waals surface area contributed by atoms with Crippen molar-refractivity contribution in [2.24, 2.45) is 0 Å². The molecule has 2 aliphatic rings. The van der Waals surface area contributed by atoms with Crippen molar-refractivity contribution in [2.75, 3.05) is 0 Å². The van der Waals surface area contributed by atoms with Crippen molar-refractivity contribution in [1.82, 2.24) is 4.57 Å². The first-order valence-electron chi connectivity index (χ1n) is 10.6. The number of allylic oxidation sites excluding steroid dienone is 1. The van der Waals surface area contributed by atoms with Crippen LogP contribution in [-0.4, -0.2) is 4.57 Å². The highest BCUT2D eigenvalue weighted by Gasteiger charge is 2.43. The van der Waals surface area contributed by atoms with Crippen molar-refractivity contribution in [2.45, 2.75) is 38.5 Å². The summed E-state index contributed by atoms with van der Waals surface area (Å²) < 4.78 is 2.46. The second kappa shape index (κ2) is 5.73. The summed E-state index contributed by atoms with van der Waals surface area (Å²) in [5.74, 6) is 0.492. The lowest BCUT2D eigenvalue weighted by Gasteiger charge is -2.28. The summed E-state index contributed by atoms with van der Waals surface area (Å²) in [4.78, 5) is 0. The van der Waals surface area contributed by atoms with Crippen molar-refractivity contribution in [1.29, 1.82) is 0 Å². The second-order valence-corrected chi connectivity index (χ2v) is 9.12. The van der Waals surface area contributed by atoms with E-state index in [0.29, 0.717) is 5.92 Å². The zero-order valence-corrected chi connectivity index (χ0v) is 17.2. The lowest BCUT2D eigenvalue weighted by atomic mass is 9.76. The van der Waals surface area contributed by atoms with E-state index in [0.717, 1.165) is 6.42 Å². The van der Waals surface area contributed by atoms with Gasteiger partial charge in [-0.15, -0.1) is 0 Å². The molecular weight excluding hydrogens is 350 g/mol. The third kappa shape index (κ3) is 2.22. The van der Waals surface area contributed by atoms with E-state index < -0.39 is 0 Å². The van der Waals surface area contributed by atoms with Crippen molar-refractivity contribution in [3.63, 3.8) is 0 Å². The maximum atomic E-state index is 2.50. The zero-order chi connectivity index (χ0) is 19.8. The Morgan fingerprint density at radius 2 is 1.59 bits per heavy atom. The van der Waals surface area contributed by atoms with E-state index in [1.165, 1.54) is 44.5 Å². The molecule has 0 saturated heterocycles. The van der Waals surface area contributed by atoms with Gasteiger partial charge < -0.3 is 4.57 Å². The van der Waals surface area contributed by atoms with E-state index in [1.54, 1.807) is 5.57 Å². The van der Waals surface area contributed by atoms with Gasteiger partial charge in [-0.25, -0.2) is 0 Å². The molecule has 2 aliphatic carbocycles. The Balaban J connectivity index is 1.66. The Bertz CT molecular complexity index is 1300. The number of rotatable bonds is 1. The molecule has 1 nitrogen and oxygen atoms in total. The van der Waals surface area contributed by atoms with E-state index in [4.69, 9.17) is 0 Å². The van der Waals surface area contributed by atoms with Crippen LogP contribution < -0.4 is 0 Å². The van der Waals surface area contributed by atoms with E-state index >= 15 is 0 Å². The minimum Gasteiger partial charge on any atom is -0.310 e. The quantitative estimate of drug-likeness (QED) is 0.339. The summed E-state index contributed by atoms with van der Waals surface area (Å²) in [6.45, 7) is 6.93. The lowest BCUT2D eigenvalue weighted by Crippen LogP contribution is -2.19. The van der Waals surface area contributed by atoms with Crippen LogP contribution in [-0.2, 0) is 11.8 Å². The predicted molar refractivity (Wildman–Crippen MR) is 122 cm³/mol. The fourth-order valence-electron chi connectivity index (χ4n) is 5.65. The molecule has 1 heterocycles. The number of hydrogen-bond donors (Lipinski definition) is 0. The number of fused-ring (bicyclic) bond motifs is 6. The van der Waals surface area contributed by atoms with Gasteiger partial charge in [0.05, 0.1) is 11.2 Å². The van der Waals surface area contributed by atoms with Gasteiger partial charge in [0, 0.05) is 22.4 Å². The molecule has 1 heteroatoms. The van der Waals surface area contributed by atoms with E-state index in [2.05, 4.69) is 104 Å². The fraction of sp³-hybridized carbons (Fsp3) is 0.214. The Morgan fingerprint density at radius 1 is 0.862 bits per heavy atom. The van der Waals surface area contributed by atoms with E-state index in [1.807, 2.05) is 0 Å². The van der Waals surface area contributed by atoms with Gasteiger partial charge in [0.1, 0.15) is 0 Å². The average molecular weight is 376 g/mol. The molecular formula is C28H25N. The van der Waals surface area contributed by atoms with Crippen LogP contribution in [0.5, 0.6) is 0 Å². The van der Waals surface area contributed by atoms with Gasteiger partial charge in [0.2, 0.25) is 0 Å². The van der Waals surface area contributed by atoms with Crippen LogP contribution in [0.25, 0.3) is 22.7 Å². The van der Waals surface area contributed by atoms with Crippen LogP contribution in [0.15, 0.2) is 78.4 Å². The Kier molecular flexibility index (Phi) is 3.33. The molecule has 142 valence electrons. The van der Waals surface area contributed by atoms with Crippen molar-refractivity contribution < 1.29 is 0 Å². The highest BCUT2D eigenvalue weighted by molar-refractivity contribution is 5.92.